The smallest absolute Gasteiger partial charge is 0.365 e. The molecule has 2 aromatic heterocycles. The molecule has 0 saturated carbocycles. The highest BCUT2D eigenvalue weighted by Gasteiger charge is 2.14. The van der Waals surface area contributed by atoms with Crippen molar-refractivity contribution in [3.63, 3.8) is 0 Å². The van der Waals surface area contributed by atoms with Crippen molar-refractivity contribution in [2.24, 2.45) is 0 Å². The third-order valence-electron chi connectivity index (χ3n) is 2.71. The molecule has 0 atom stereocenters. The van der Waals surface area contributed by atoms with Crippen LogP contribution in [-0.4, -0.2) is 39.1 Å². The van der Waals surface area contributed by atoms with Crippen LogP contribution in [0.15, 0.2) is 47.5 Å². The van der Waals surface area contributed by atoms with E-state index in [1.54, 1.807) is 12.1 Å². The van der Waals surface area contributed by atoms with Gasteiger partial charge in [0.25, 0.3) is 0 Å². The maximum atomic E-state index is 12.0. The molecule has 9 nitrogen and oxygen atoms in total. The van der Waals surface area contributed by atoms with Crippen molar-refractivity contribution in [1.29, 1.82) is 0 Å². The summed E-state index contributed by atoms with van der Waals surface area (Å²) in [4.78, 5) is 21.2. The average Bonchev–Trinajstić information content (AvgIpc) is 2.90. The third kappa shape index (κ3) is 2.64. The maximum Gasteiger partial charge on any atom is 0.365 e. The fourth-order valence-corrected chi connectivity index (χ4v) is 2.23. The normalized spacial score (nSPS) is 11.5. The average molecular weight is 319 g/mol. The lowest BCUT2D eigenvalue weighted by Gasteiger charge is -2.08. The summed E-state index contributed by atoms with van der Waals surface area (Å²) in [5.41, 5.74) is 0.533. The molecule has 1 aromatic carbocycles. The van der Waals surface area contributed by atoms with Gasteiger partial charge in [0.2, 0.25) is 5.65 Å². The van der Waals surface area contributed by atoms with Crippen LogP contribution in [0, 0.1) is 0 Å². The molecular formula is C12H7N4O5S-. The Kier molecular flexibility index (Phi) is 3.31. The van der Waals surface area contributed by atoms with Crippen LogP contribution in [0.5, 0.6) is 0 Å². The number of carbonyl (C=O) groups is 1. The van der Waals surface area contributed by atoms with Crippen LogP contribution >= 0.6 is 0 Å². The van der Waals surface area contributed by atoms with E-state index in [0.717, 1.165) is 17.0 Å². The predicted octanol–water partition coefficient (Wildman–Crippen LogP) is -0.000600. The first-order valence-corrected chi connectivity index (χ1v) is 7.31. The predicted molar refractivity (Wildman–Crippen MR) is 70.6 cm³/mol. The summed E-state index contributed by atoms with van der Waals surface area (Å²) in [5, 5.41) is 7.36. The Morgan fingerprint density at radius 3 is 2.82 bits per heavy atom. The van der Waals surface area contributed by atoms with E-state index < -0.39 is 21.0 Å². The second-order valence-corrected chi connectivity index (χ2v) is 5.55. The Bertz CT molecular complexity index is 966. The first-order chi connectivity index (χ1) is 10.4. The van der Waals surface area contributed by atoms with Gasteiger partial charge < -0.3 is 9.39 Å². The van der Waals surface area contributed by atoms with Crippen molar-refractivity contribution >= 4 is 27.3 Å². The molecule has 10 heteroatoms. The first kappa shape index (κ1) is 14.1. The van der Waals surface area contributed by atoms with Crippen LogP contribution < -0.4 is 4.84 Å². The summed E-state index contributed by atoms with van der Waals surface area (Å²) in [5.74, 6) is -0.900. The SMILES string of the molecule is O=C(On1nnc2cccnc21)c1cccc(S(=O)(=O)[O-])c1. The Morgan fingerprint density at radius 1 is 1.23 bits per heavy atom. The number of hydrogen-bond donors (Lipinski definition) is 0. The Balaban J connectivity index is 1.92. The molecule has 0 N–H and O–H groups in total. The molecule has 2 heterocycles. The molecule has 22 heavy (non-hydrogen) atoms. The van der Waals surface area contributed by atoms with Gasteiger partial charge in [0, 0.05) is 6.20 Å². The van der Waals surface area contributed by atoms with E-state index in [0.29, 0.717) is 5.52 Å². The monoisotopic (exact) mass is 319 g/mol. The number of pyridine rings is 1. The molecule has 0 spiro atoms. The fourth-order valence-electron chi connectivity index (χ4n) is 1.72. The second kappa shape index (κ2) is 5.16. The van der Waals surface area contributed by atoms with Crippen LogP contribution in [0.4, 0.5) is 0 Å². The van der Waals surface area contributed by atoms with Crippen LogP contribution in [-0.2, 0) is 10.1 Å². The summed E-state index contributed by atoms with van der Waals surface area (Å²) in [6, 6.07) is 7.86. The molecule has 112 valence electrons. The lowest BCUT2D eigenvalue weighted by atomic mass is 10.2. The van der Waals surface area contributed by atoms with Crippen molar-refractivity contribution in [2.45, 2.75) is 4.90 Å². The Morgan fingerprint density at radius 2 is 2.05 bits per heavy atom. The van der Waals surface area contributed by atoms with Gasteiger partial charge in [-0.2, -0.15) is 0 Å². The van der Waals surface area contributed by atoms with Crippen LogP contribution in [0.3, 0.4) is 0 Å². The van der Waals surface area contributed by atoms with Crippen molar-refractivity contribution in [3.05, 3.63) is 48.2 Å². The minimum absolute atomic E-state index is 0.114. The zero-order valence-electron chi connectivity index (χ0n) is 10.8. The number of benzene rings is 1. The van der Waals surface area contributed by atoms with Gasteiger partial charge >= 0.3 is 5.97 Å². The Hall–Kier alpha value is -2.85. The van der Waals surface area contributed by atoms with Crippen LogP contribution in [0.25, 0.3) is 11.2 Å². The van der Waals surface area contributed by atoms with Gasteiger partial charge in [-0.25, -0.2) is 18.2 Å². The van der Waals surface area contributed by atoms with E-state index >= 15 is 0 Å². The van der Waals surface area contributed by atoms with Gasteiger partial charge in [0.05, 0.1) is 10.5 Å². The highest BCUT2D eigenvalue weighted by molar-refractivity contribution is 7.85. The molecule has 0 aliphatic carbocycles. The minimum atomic E-state index is -4.66. The standard InChI is InChI=1S/C12H8N4O5S/c17-12(8-3-1-4-9(7-8)22(18,19)20)21-16-11-10(14-15-16)5-2-6-13-11/h1-7H,(H,18,19,20)/p-1. The van der Waals surface area contributed by atoms with E-state index in [4.69, 9.17) is 4.84 Å². The zero-order valence-corrected chi connectivity index (χ0v) is 11.6. The number of nitrogens with zero attached hydrogens (tertiary/aromatic N) is 4. The number of aromatic nitrogens is 4. The summed E-state index contributed by atoms with van der Waals surface area (Å²) >= 11 is 0. The van der Waals surface area contributed by atoms with Gasteiger partial charge in [-0.15, -0.1) is 5.10 Å². The number of rotatable bonds is 3. The quantitative estimate of drug-likeness (QED) is 0.487. The number of hydrogen-bond acceptors (Lipinski definition) is 8. The Labute approximate surface area is 123 Å². The van der Waals surface area contributed by atoms with Crippen molar-refractivity contribution in [1.82, 2.24) is 20.1 Å². The van der Waals surface area contributed by atoms with Gasteiger partial charge in [0.1, 0.15) is 15.6 Å². The number of carbonyl (C=O) groups excluding carboxylic acids is 1. The lowest BCUT2D eigenvalue weighted by Crippen LogP contribution is -2.21. The summed E-state index contributed by atoms with van der Waals surface area (Å²) < 4.78 is 32.9. The maximum absolute atomic E-state index is 12.0. The molecule has 3 aromatic rings. The molecule has 3 rings (SSSR count). The zero-order chi connectivity index (χ0) is 15.7. The third-order valence-corrected chi connectivity index (χ3v) is 3.54. The lowest BCUT2D eigenvalue weighted by molar-refractivity contribution is 0.0405. The minimum Gasteiger partial charge on any atom is -0.744 e. The van der Waals surface area contributed by atoms with Crippen LogP contribution in [0.1, 0.15) is 10.4 Å². The van der Waals surface area contributed by atoms with Crippen molar-refractivity contribution in [3.8, 4) is 0 Å². The van der Waals surface area contributed by atoms with Gasteiger partial charge in [0.15, 0.2) is 0 Å². The second-order valence-electron chi connectivity index (χ2n) is 4.17. The molecule has 0 amide bonds. The molecule has 0 fully saturated rings. The molecule has 0 bridgehead atoms. The molecule has 0 saturated heterocycles. The highest BCUT2D eigenvalue weighted by atomic mass is 32.2. The molecule has 0 aliphatic rings. The van der Waals surface area contributed by atoms with E-state index in [1.807, 2.05) is 0 Å². The summed E-state index contributed by atoms with van der Waals surface area (Å²) in [6.07, 6.45) is 1.47. The molecule has 0 unspecified atom stereocenters. The molecular weight excluding hydrogens is 312 g/mol. The van der Waals surface area contributed by atoms with E-state index in [1.165, 1.54) is 18.3 Å². The fraction of sp³-hybridized carbons (Fsp3) is 0. The van der Waals surface area contributed by atoms with Crippen molar-refractivity contribution < 1.29 is 22.6 Å². The topological polar surface area (TPSA) is 127 Å². The van der Waals surface area contributed by atoms with Crippen molar-refractivity contribution in [2.75, 3.05) is 0 Å². The summed E-state index contributed by atoms with van der Waals surface area (Å²) in [6.45, 7) is 0. The summed E-state index contributed by atoms with van der Waals surface area (Å²) in [7, 11) is -4.66. The van der Waals surface area contributed by atoms with E-state index in [9.17, 15) is 17.8 Å². The number of fused-ring (bicyclic) bond motifs is 1. The van der Waals surface area contributed by atoms with E-state index in [-0.39, 0.29) is 11.2 Å². The van der Waals surface area contributed by atoms with Gasteiger partial charge in [-0.05, 0) is 40.4 Å². The molecule has 0 aliphatic heterocycles. The van der Waals surface area contributed by atoms with Crippen LogP contribution in [0.2, 0.25) is 0 Å². The highest BCUT2D eigenvalue weighted by Crippen LogP contribution is 2.12. The first-order valence-electron chi connectivity index (χ1n) is 5.90. The van der Waals surface area contributed by atoms with Gasteiger partial charge in [-0.1, -0.05) is 6.07 Å². The molecule has 0 radical (unpaired) electrons. The largest absolute Gasteiger partial charge is 0.744 e. The van der Waals surface area contributed by atoms with Gasteiger partial charge in [-0.3, -0.25) is 0 Å². The van der Waals surface area contributed by atoms with E-state index in [2.05, 4.69) is 15.3 Å².